The van der Waals surface area contributed by atoms with E-state index in [1.165, 1.54) is 11.1 Å². The van der Waals surface area contributed by atoms with Gasteiger partial charge in [-0.2, -0.15) is 0 Å². The molecule has 1 heterocycles. The van der Waals surface area contributed by atoms with Crippen LogP contribution in [0.1, 0.15) is 75.2 Å². The number of hydrogen-bond acceptors (Lipinski definition) is 5. The van der Waals surface area contributed by atoms with E-state index >= 15 is 0 Å². The average molecular weight is 543 g/mol. The van der Waals surface area contributed by atoms with E-state index in [1.54, 1.807) is 26.0 Å². The first-order valence-electron chi connectivity index (χ1n) is 14.2. The number of rotatable bonds is 7. The van der Waals surface area contributed by atoms with Crippen molar-refractivity contribution in [2.45, 2.75) is 96.9 Å². The third kappa shape index (κ3) is 6.38. The van der Waals surface area contributed by atoms with Gasteiger partial charge in [-0.15, -0.1) is 0 Å². The van der Waals surface area contributed by atoms with Crippen LogP contribution in [0.25, 0.3) is 0 Å². The van der Waals surface area contributed by atoms with Gasteiger partial charge in [0.05, 0.1) is 19.2 Å². The van der Waals surface area contributed by atoms with E-state index in [0.717, 1.165) is 43.2 Å². The lowest BCUT2D eigenvalue weighted by Crippen LogP contribution is -2.62. The van der Waals surface area contributed by atoms with E-state index in [4.69, 9.17) is 4.74 Å². The topological polar surface area (TPSA) is 99.8 Å². The molecule has 0 bridgehead atoms. The SMILES string of the molecule is CNC(C)C(=O)NC(C(=O)N1Cc2cc(OC)ccc2CC1C(=O)NC1CCCC2=C1C=CCC2)C(C)(C)C.[HH].[HH].[HH]. The van der Waals surface area contributed by atoms with Crippen molar-refractivity contribution in [3.63, 3.8) is 0 Å². The van der Waals surface area contributed by atoms with Crippen LogP contribution in [0.5, 0.6) is 5.75 Å². The van der Waals surface area contributed by atoms with E-state index in [-0.39, 0.29) is 34.6 Å². The minimum absolute atomic E-state index is 0. The van der Waals surface area contributed by atoms with Crippen LogP contribution in [-0.2, 0) is 27.3 Å². The van der Waals surface area contributed by atoms with Crippen molar-refractivity contribution in [1.29, 1.82) is 0 Å². The third-order valence-electron chi connectivity index (χ3n) is 8.34. The summed E-state index contributed by atoms with van der Waals surface area (Å²) in [5, 5.41) is 9.21. The molecule has 1 aromatic carbocycles. The maximum Gasteiger partial charge on any atom is 0.246 e. The van der Waals surface area contributed by atoms with Crippen LogP contribution in [0.15, 0.2) is 41.5 Å². The van der Waals surface area contributed by atoms with Gasteiger partial charge in [-0.3, -0.25) is 14.4 Å². The smallest absolute Gasteiger partial charge is 0.246 e. The Labute approximate surface area is 237 Å². The van der Waals surface area contributed by atoms with Gasteiger partial charge in [0.1, 0.15) is 17.8 Å². The van der Waals surface area contributed by atoms with Crippen LogP contribution < -0.4 is 20.7 Å². The second-order valence-corrected chi connectivity index (χ2v) is 12.1. The van der Waals surface area contributed by atoms with Crippen molar-refractivity contribution >= 4 is 17.7 Å². The Hall–Kier alpha value is -3.13. The summed E-state index contributed by atoms with van der Waals surface area (Å²) in [5.41, 5.74) is 4.09. The molecule has 0 radical (unpaired) electrons. The van der Waals surface area contributed by atoms with E-state index in [0.29, 0.717) is 12.2 Å². The van der Waals surface area contributed by atoms with E-state index in [9.17, 15) is 14.4 Å². The highest BCUT2D eigenvalue weighted by Crippen LogP contribution is 2.34. The number of carbonyl (C=O) groups is 3. The molecule has 0 saturated heterocycles. The number of likely N-dealkylation sites (N-methyl/N-ethyl adjacent to an activating group) is 1. The maximum atomic E-state index is 14.2. The summed E-state index contributed by atoms with van der Waals surface area (Å²) < 4.78 is 5.44. The summed E-state index contributed by atoms with van der Waals surface area (Å²) in [6, 6.07) is 3.84. The highest BCUT2D eigenvalue weighted by Gasteiger charge is 2.43. The molecule has 0 fully saturated rings. The zero-order chi connectivity index (χ0) is 28.3. The van der Waals surface area contributed by atoms with Gasteiger partial charge in [0.2, 0.25) is 17.7 Å². The first-order valence-corrected chi connectivity index (χ1v) is 14.2. The number of nitrogens with zero attached hydrogens (tertiary/aromatic N) is 1. The number of benzene rings is 1. The molecule has 1 aromatic rings. The molecule has 39 heavy (non-hydrogen) atoms. The van der Waals surface area contributed by atoms with Crippen molar-refractivity contribution in [2.75, 3.05) is 14.2 Å². The Kier molecular flexibility index (Phi) is 8.84. The molecule has 218 valence electrons. The van der Waals surface area contributed by atoms with Gasteiger partial charge in [0.25, 0.3) is 0 Å². The lowest BCUT2D eigenvalue weighted by atomic mass is 9.82. The van der Waals surface area contributed by atoms with Gasteiger partial charge < -0.3 is 25.6 Å². The van der Waals surface area contributed by atoms with Crippen molar-refractivity contribution in [3.05, 3.63) is 52.6 Å². The van der Waals surface area contributed by atoms with Crippen LogP contribution in [-0.4, -0.2) is 60.9 Å². The predicted molar refractivity (Wildman–Crippen MR) is 158 cm³/mol. The maximum absolute atomic E-state index is 14.2. The molecule has 3 N–H and O–H groups in total. The van der Waals surface area contributed by atoms with E-state index < -0.39 is 23.5 Å². The molecular weight excluding hydrogens is 492 g/mol. The molecule has 0 saturated carbocycles. The minimum Gasteiger partial charge on any atom is -0.497 e. The second-order valence-electron chi connectivity index (χ2n) is 12.1. The molecule has 0 aromatic heterocycles. The predicted octanol–water partition coefficient (Wildman–Crippen LogP) is 4.14. The fourth-order valence-electron chi connectivity index (χ4n) is 5.82. The Morgan fingerprint density at radius 3 is 2.62 bits per heavy atom. The number of methoxy groups -OCH3 is 1. The highest BCUT2D eigenvalue weighted by atomic mass is 16.5. The standard InChI is InChI=1S/C31H44N4O4.3H2/c1-19(32-5)28(36)34-27(31(2,3)4)30(38)35-18-22-16-23(39-6)15-14-21(22)17-26(35)29(37)33-25-13-9-11-20-10-7-8-12-24(20)25;;;/h8,12,14-16,19,25-27,32H,7,9-11,13,17-18H2,1-6H3,(H,33,37)(H,34,36);3*1H. The molecule has 1 aliphatic heterocycles. The summed E-state index contributed by atoms with van der Waals surface area (Å²) in [6.07, 6.45) is 9.91. The summed E-state index contributed by atoms with van der Waals surface area (Å²) in [6.45, 7) is 7.82. The summed E-state index contributed by atoms with van der Waals surface area (Å²) >= 11 is 0. The fourth-order valence-corrected chi connectivity index (χ4v) is 5.82. The number of fused-ring (bicyclic) bond motifs is 1. The lowest BCUT2D eigenvalue weighted by molar-refractivity contribution is -0.147. The minimum atomic E-state index is -0.798. The number of hydrogen-bond donors (Lipinski definition) is 3. The number of allylic oxidation sites excluding steroid dienone is 2. The van der Waals surface area contributed by atoms with Crippen LogP contribution >= 0.6 is 0 Å². The molecule has 2 aliphatic carbocycles. The van der Waals surface area contributed by atoms with Crippen molar-refractivity contribution in [2.24, 2.45) is 5.41 Å². The molecule has 3 amide bonds. The van der Waals surface area contributed by atoms with Gasteiger partial charge in [-0.1, -0.05) is 44.6 Å². The molecule has 8 nitrogen and oxygen atoms in total. The van der Waals surface area contributed by atoms with Crippen LogP contribution in [0.2, 0.25) is 0 Å². The average Bonchev–Trinajstić information content (AvgIpc) is 2.93. The summed E-state index contributed by atoms with van der Waals surface area (Å²) in [7, 11) is 3.33. The van der Waals surface area contributed by atoms with Crippen LogP contribution in [0.3, 0.4) is 0 Å². The third-order valence-corrected chi connectivity index (χ3v) is 8.34. The van der Waals surface area contributed by atoms with Gasteiger partial charge >= 0.3 is 0 Å². The summed E-state index contributed by atoms with van der Waals surface area (Å²) in [5.74, 6) is 0.0499. The second kappa shape index (κ2) is 11.9. The molecule has 3 aliphatic rings. The van der Waals surface area contributed by atoms with Crippen molar-refractivity contribution in [1.82, 2.24) is 20.9 Å². The first kappa shape index (κ1) is 28.9. The van der Waals surface area contributed by atoms with E-state index in [1.807, 2.05) is 39.0 Å². The van der Waals surface area contributed by atoms with Crippen molar-refractivity contribution in [3.8, 4) is 5.75 Å². The fraction of sp³-hybridized carbons (Fsp3) is 0.581. The molecule has 4 rings (SSSR count). The number of nitrogens with one attached hydrogen (secondary N) is 3. The van der Waals surface area contributed by atoms with E-state index in [2.05, 4.69) is 28.1 Å². The Bertz CT molecular complexity index is 1180. The summed E-state index contributed by atoms with van der Waals surface area (Å²) in [4.78, 5) is 42.7. The molecule has 8 heteroatoms. The van der Waals surface area contributed by atoms with Gasteiger partial charge in [-0.25, -0.2) is 0 Å². The first-order chi connectivity index (χ1) is 18.5. The monoisotopic (exact) mass is 542 g/mol. The largest absolute Gasteiger partial charge is 0.497 e. The number of carbonyl (C=O) groups excluding carboxylic acids is 3. The van der Waals surface area contributed by atoms with Crippen LogP contribution in [0.4, 0.5) is 0 Å². The molecule has 0 spiro atoms. The zero-order valence-electron chi connectivity index (χ0n) is 24.2. The van der Waals surface area contributed by atoms with Gasteiger partial charge in [-0.05, 0) is 80.3 Å². The highest BCUT2D eigenvalue weighted by molar-refractivity contribution is 5.94. The normalized spacial score (nSPS) is 22.4. The van der Waals surface area contributed by atoms with Gasteiger partial charge in [0, 0.05) is 17.2 Å². The Balaban J connectivity index is 0.00000294. The zero-order valence-corrected chi connectivity index (χ0v) is 24.2. The number of amides is 3. The quantitative estimate of drug-likeness (QED) is 0.481. The van der Waals surface area contributed by atoms with Crippen molar-refractivity contribution < 1.29 is 23.4 Å². The Morgan fingerprint density at radius 1 is 1.15 bits per heavy atom. The Morgan fingerprint density at radius 2 is 1.92 bits per heavy atom. The lowest BCUT2D eigenvalue weighted by Gasteiger charge is -2.42. The van der Waals surface area contributed by atoms with Gasteiger partial charge in [0.15, 0.2) is 0 Å². The van der Waals surface area contributed by atoms with Crippen LogP contribution in [0, 0.1) is 5.41 Å². The number of ether oxygens (including phenoxy) is 1. The molecular formula is C31H50N4O4. The molecule has 4 unspecified atom stereocenters. The molecule has 4 atom stereocenters.